The molecular formula is C14H9F4NO. The SMILES string of the molecule is [O-][N+](=Cc1cccc(F)c1)c1ccc(C(F)(F)F)cc1. The molecule has 0 aliphatic rings. The van der Waals surface area contributed by atoms with Gasteiger partial charge in [-0.2, -0.15) is 17.9 Å². The summed E-state index contributed by atoms with van der Waals surface area (Å²) < 4.78 is 50.4. The van der Waals surface area contributed by atoms with Gasteiger partial charge in [-0.15, -0.1) is 0 Å². The van der Waals surface area contributed by atoms with Gasteiger partial charge in [-0.05, 0) is 30.3 Å². The molecule has 0 saturated heterocycles. The highest BCUT2D eigenvalue weighted by atomic mass is 19.4. The Bertz CT molecular complexity index is 632. The topological polar surface area (TPSA) is 26.1 Å². The van der Waals surface area contributed by atoms with Gasteiger partial charge in [-0.25, -0.2) is 4.39 Å². The number of rotatable bonds is 2. The molecule has 0 saturated carbocycles. The number of hydrogen-bond acceptors (Lipinski definition) is 1. The molecule has 6 heteroatoms. The molecule has 20 heavy (non-hydrogen) atoms. The predicted molar refractivity (Wildman–Crippen MR) is 66.3 cm³/mol. The molecule has 0 aliphatic carbocycles. The van der Waals surface area contributed by atoms with Gasteiger partial charge in [-0.1, -0.05) is 6.07 Å². The standard InChI is InChI=1S/C14H9F4NO/c15-12-3-1-2-10(8-12)9-19(20)13-6-4-11(5-7-13)14(16,17)18/h1-9H. The normalized spacial score (nSPS) is 12.5. The van der Waals surface area contributed by atoms with Crippen LogP contribution in [0.3, 0.4) is 0 Å². The highest BCUT2D eigenvalue weighted by molar-refractivity contribution is 5.76. The monoisotopic (exact) mass is 283 g/mol. The number of alkyl halides is 3. The third-order valence-electron chi connectivity index (χ3n) is 2.56. The first-order chi connectivity index (χ1) is 9.36. The van der Waals surface area contributed by atoms with Crippen LogP contribution in [0.25, 0.3) is 0 Å². The predicted octanol–water partition coefficient (Wildman–Crippen LogP) is 4.11. The van der Waals surface area contributed by atoms with Gasteiger partial charge >= 0.3 is 6.18 Å². The van der Waals surface area contributed by atoms with E-state index in [1.54, 1.807) is 0 Å². The van der Waals surface area contributed by atoms with Crippen molar-refractivity contribution < 1.29 is 22.3 Å². The zero-order valence-corrected chi connectivity index (χ0v) is 10.1. The van der Waals surface area contributed by atoms with Crippen LogP contribution in [0.2, 0.25) is 0 Å². The molecule has 0 bridgehead atoms. The van der Waals surface area contributed by atoms with Crippen LogP contribution in [0.5, 0.6) is 0 Å². The van der Waals surface area contributed by atoms with Crippen LogP contribution in [-0.2, 0) is 6.18 Å². The van der Waals surface area contributed by atoms with E-state index in [1.807, 2.05) is 0 Å². The summed E-state index contributed by atoms with van der Waals surface area (Å²) in [6.07, 6.45) is -3.36. The second-order valence-corrected chi connectivity index (χ2v) is 4.05. The molecule has 0 fully saturated rings. The van der Waals surface area contributed by atoms with Crippen molar-refractivity contribution in [1.82, 2.24) is 0 Å². The molecule has 0 unspecified atom stereocenters. The number of benzene rings is 2. The van der Waals surface area contributed by atoms with Gasteiger partial charge in [0.25, 0.3) is 0 Å². The summed E-state index contributed by atoms with van der Waals surface area (Å²) in [6, 6.07) is 9.08. The van der Waals surface area contributed by atoms with Crippen molar-refractivity contribution in [3.63, 3.8) is 0 Å². The van der Waals surface area contributed by atoms with Gasteiger partial charge in [0.05, 0.1) is 5.56 Å². The molecule has 2 aromatic carbocycles. The maximum atomic E-state index is 12.9. The lowest BCUT2D eigenvalue weighted by atomic mass is 10.2. The summed E-state index contributed by atoms with van der Waals surface area (Å²) in [7, 11) is 0. The largest absolute Gasteiger partial charge is 0.618 e. The van der Waals surface area contributed by atoms with Crippen LogP contribution < -0.4 is 0 Å². The maximum absolute atomic E-state index is 12.9. The fourth-order valence-electron chi connectivity index (χ4n) is 1.59. The highest BCUT2D eigenvalue weighted by Gasteiger charge is 2.30. The van der Waals surface area contributed by atoms with E-state index in [4.69, 9.17) is 0 Å². The molecule has 0 aliphatic heterocycles. The molecule has 104 valence electrons. The van der Waals surface area contributed by atoms with Gasteiger partial charge in [0.2, 0.25) is 5.69 Å². The third-order valence-corrected chi connectivity index (χ3v) is 2.56. The fraction of sp³-hybridized carbons (Fsp3) is 0.0714. The summed E-state index contributed by atoms with van der Waals surface area (Å²) in [6.45, 7) is 0. The van der Waals surface area contributed by atoms with Crippen LogP contribution in [0.4, 0.5) is 23.2 Å². The van der Waals surface area contributed by atoms with E-state index in [0.717, 1.165) is 36.5 Å². The lowest BCUT2D eigenvalue weighted by molar-refractivity contribution is -0.354. The Morgan fingerprint density at radius 1 is 1.00 bits per heavy atom. The molecule has 0 heterocycles. The molecule has 2 nitrogen and oxygen atoms in total. The van der Waals surface area contributed by atoms with E-state index in [2.05, 4.69) is 0 Å². The van der Waals surface area contributed by atoms with Crippen molar-refractivity contribution in [3.8, 4) is 0 Å². The average molecular weight is 283 g/mol. The van der Waals surface area contributed by atoms with Crippen LogP contribution in [0, 0.1) is 11.0 Å². The summed E-state index contributed by atoms with van der Waals surface area (Å²) in [5.74, 6) is -0.500. The minimum atomic E-state index is -4.45. The van der Waals surface area contributed by atoms with Crippen LogP contribution in [0.1, 0.15) is 11.1 Å². The Kier molecular flexibility index (Phi) is 3.74. The van der Waals surface area contributed by atoms with Crippen molar-refractivity contribution >= 4 is 11.9 Å². The molecule has 0 aromatic heterocycles. The lowest BCUT2D eigenvalue weighted by Crippen LogP contribution is -2.05. The van der Waals surface area contributed by atoms with E-state index in [9.17, 15) is 22.8 Å². The third kappa shape index (κ3) is 3.34. The van der Waals surface area contributed by atoms with E-state index in [0.29, 0.717) is 10.3 Å². The molecule has 0 atom stereocenters. The number of halogens is 4. The van der Waals surface area contributed by atoms with Crippen molar-refractivity contribution in [2.75, 3.05) is 0 Å². The summed E-state index contributed by atoms with van der Waals surface area (Å²) in [4.78, 5) is 0. The van der Waals surface area contributed by atoms with Gasteiger partial charge in [0, 0.05) is 17.7 Å². The van der Waals surface area contributed by atoms with Crippen molar-refractivity contribution in [3.05, 3.63) is 70.7 Å². The van der Waals surface area contributed by atoms with Crippen molar-refractivity contribution in [1.29, 1.82) is 0 Å². The number of hydrogen-bond donors (Lipinski definition) is 0. The quantitative estimate of drug-likeness (QED) is 0.268. The van der Waals surface area contributed by atoms with Crippen molar-refractivity contribution in [2.45, 2.75) is 6.18 Å². The first-order valence-electron chi connectivity index (χ1n) is 5.60. The van der Waals surface area contributed by atoms with E-state index in [-0.39, 0.29) is 5.69 Å². The zero-order valence-electron chi connectivity index (χ0n) is 10.1. The molecule has 2 aromatic rings. The average Bonchev–Trinajstić information content (AvgIpc) is 2.38. The summed E-state index contributed by atoms with van der Waals surface area (Å²) in [5, 5.41) is 11.7. The minimum Gasteiger partial charge on any atom is -0.618 e. The molecule has 0 spiro atoms. The smallest absolute Gasteiger partial charge is 0.416 e. The van der Waals surface area contributed by atoms with Crippen LogP contribution in [-0.4, -0.2) is 11.0 Å². The van der Waals surface area contributed by atoms with E-state index in [1.165, 1.54) is 18.2 Å². The molecular weight excluding hydrogens is 274 g/mol. The van der Waals surface area contributed by atoms with Gasteiger partial charge < -0.3 is 5.21 Å². The first kappa shape index (κ1) is 14.0. The first-order valence-corrected chi connectivity index (χ1v) is 5.60. The number of nitrogens with zero attached hydrogens (tertiary/aromatic N) is 1. The zero-order chi connectivity index (χ0) is 14.8. The molecule has 0 N–H and O–H groups in total. The Labute approximate surface area is 112 Å². The van der Waals surface area contributed by atoms with E-state index < -0.39 is 17.6 Å². The molecule has 2 rings (SSSR count). The lowest BCUT2D eigenvalue weighted by Gasteiger charge is -2.07. The molecule has 0 radical (unpaired) electrons. The second kappa shape index (κ2) is 5.32. The van der Waals surface area contributed by atoms with Crippen LogP contribution >= 0.6 is 0 Å². The summed E-state index contributed by atoms with van der Waals surface area (Å²) >= 11 is 0. The molecule has 0 amide bonds. The second-order valence-electron chi connectivity index (χ2n) is 4.05. The Hall–Kier alpha value is -2.37. The van der Waals surface area contributed by atoms with Gasteiger partial charge in [0.15, 0.2) is 6.21 Å². The van der Waals surface area contributed by atoms with Gasteiger partial charge in [0.1, 0.15) is 5.82 Å². The van der Waals surface area contributed by atoms with Crippen LogP contribution in [0.15, 0.2) is 48.5 Å². The fourth-order valence-corrected chi connectivity index (χ4v) is 1.59. The van der Waals surface area contributed by atoms with Crippen molar-refractivity contribution in [2.24, 2.45) is 0 Å². The minimum absolute atomic E-state index is 0.0299. The maximum Gasteiger partial charge on any atom is 0.416 e. The van der Waals surface area contributed by atoms with E-state index >= 15 is 0 Å². The Morgan fingerprint density at radius 3 is 2.20 bits per heavy atom. The van der Waals surface area contributed by atoms with Gasteiger partial charge in [-0.3, -0.25) is 0 Å². The highest BCUT2D eigenvalue weighted by Crippen LogP contribution is 2.30. The summed E-state index contributed by atoms with van der Waals surface area (Å²) in [5.41, 5.74) is -0.484. The Morgan fingerprint density at radius 2 is 1.65 bits per heavy atom. The Balaban J connectivity index is 2.27.